The maximum atomic E-state index is 12.5. The molecule has 1 aromatic carbocycles. The van der Waals surface area contributed by atoms with Crippen LogP contribution in [-0.2, 0) is 11.0 Å². The Hall–Kier alpha value is -2.13. The molecule has 1 aliphatic rings. The number of amides is 1. The van der Waals surface area contributed by atoms with Gasteiger partial charge in [0.15, 0.2) is 0 Å². The Morgan fingerprint density at radius 1 is 1.23 bits per heavy atom. The fourth-order valence-corrected chi connectivity index (χ4v) is 2.91. The minimum absolute atomic E-state index is 0.00240. The number of rotatable bonds is 4. The van der Waals surface area contributed by atoms with E-state index < -0.39 is 12.1 Å². The summed E-state index contributed by atoms with van der Waals surface area (Å²) in [6.45, 7) is 1.32. The van der Waals surface area contributed by atoms with Crippen LogP contribution in [-0.4, -0.2) is 40.6 Å². The van der Waals surface area contributed by atoms with Crippen molar-refractivity contribution in [3.63, 3.8) is 0 Å². The van der Waals surface area contributed by atoms with Crippen LogP contribution >= 0.6 is 11.6 Å². The van der Waals surface area contributed by atoms with E-state index in [1.165, 1.54) is 0 Å². The monoisotopic (exact) mass is 388 g/mol. The molecule has 0 atom stereocenters. The number of carbonyl (C=O) groups is 1. The number of benzene rings is 1. The van der Waals surface area contributed by atoms with Gasteiger partial charge in [-0.1, -0.05) is 11.6 Å². The Bertz CT molecular complexity index is 756. The number of carbonyl (C=O) groups excluding carboxylic acids is 1. The van der Waals surface area contributed by atoms with E-state index in [0.29, 0.717) is 36.6 Å². The fraction of sp³-hybridized carbons (Fsp3) is 0.438. The van der Waals surface area contributed by atoms with Crippen LogP contribution in [0.25, 0.3) is 0 Å². The van der Waals surface area contributed by atoms with Crippen molar-refractivity contribution >= 4 is 23.2 Å². The molecule has 1 aromatic heterocycles. The normalized spacial score (nSPS) is 16.6. The van der Waals surface area contributed by atoms with Gasteiger partial charge in [0.25, 0.3) is 0 Å². The molecule has 2 aromatic rings. The lowest BCUT2D eigenvalue weighted by molar-refractivity contribution is -0.157. The molecule has 1 aliphatic heterocycles. The van der Waals surface area contributed by atoms with Crippen LogP contribution in [0.2, 0.25) is 5.02 Å². The van der Waals surface area contributed by atoms with Crippen molar-refractivity contribution in [3.8, 4) is 0 Å². The summed E-state index contributed by atoms with van der Waals surface area (Å²) >= 11 is 5.79. The van der Waals surface area contributed by atoms with Crippen molar-refractivity contribution < 1.29 is 22.4 Å². The third-order valence-corrected chi connectivity index (χ3v) is 4.37. The predicted molar refractivity (Wildman–Crippen MR) is 87.8 cm³/mol. The molecule has 26 heavy (non-hydrogen) atoms. The van der Waals surface area contributed by atoms with Gasteiger partial charge in [-0.15, -0.1) is 10.2 Å². The predicted octanol–water partition coefficient (Wildman–Crippen LogP) is 3.56. The molecule has 6 nitrogen and oxygen atoms in total. The first kappa shape index (κ1) is 18.7. The van der Waals surface area contributed by atoms with Crippen molar-refractivity contribution in [1.29, 1.82) is 0 Å². The summed E-state index contributed by atoms with van der Waals surface area (Å²) in [6, 6.07) is 6.78. The number of nitrogens with zero attached hydrogens (tertiary/aromatic N) is 3. The number of nitrogens with one attached hydrogen (secondary N) is 1. The van der Waals surface area contributed by atoms with Gasteiger partial charge in [-0.25, -0.2) is 0 Å². The van der Waals surface area contributed by atoms with Crippen molar-refractivity contribution in [2.75, 3.05) is 25.0 Å². The summed E-state index contributed by atoms with van der Waals surface area (Å²) in [6.07, 6.45) is -3.53. The zero-order chi connectivity index (χ0) is 18.7. The number of alkyl halides is 3. The van der Waals surface area contributed by atoms with Crippen molar-refractivity contribution in [2.24, 2.45) is 0 Å². The first-order valence-electron chi connectivity index (χ1n) is 7.99. The van der Waals surface area contributed by atoms with E-state index in [1.807, 2.05) is 4.90 Å². The number of anilines is 1. The van der Waals surface area contributed by atoms with Gasteiger partial charge in [0.1, 0.15) is 0 Å². The van der Waals surface area contributed by atoms with E-state index in [4.69, 9.17) is 16.0 Å². The van der Waals surface area contributed by atoms with Crippen LogP contribution in [0.1, 0.15) is 30.5 Å². The van der Waals surface area contributed by atoms with E-state index >= 15 is 0 Å². The Morgan fingerprint density at radius 3 is 2.46 bits per heavy atom. The molecular formula is C16H16ClF3N4O2. The number of aromatic nitrogens is 2. The number of piperidine rings is 1. The summed E-state index contributed by atoms with van der Waals surface area (Å²) in [7, 11) is 0. The number of hydrogen-bond donors (Lipinski definition) is 1. The van der Waals surface area contributed by atoms with Crippen LogP contribution in [0.3, 0.4) is 0 Å². The Kier molecular flexibility index (Phi) is 5.47. The second kappa shape index (κ2) is 7.63. The Morgan fingerprint density at radius 2 is 1.88 bits per heavy atom. The zero-order valence-electron chi connectivity index (χ0n) is 13.6. The molecule has 3 rings (SSSR count). The van der Waals surface area contributed by atoms with Gasteiger partial charge in [-0.05, 0) is 50.2 Å². The van der Waals surface area contributed by atoms with Crippen LogP contribution in [0.15, 0.2) is 28.7 Å². The minimum Gasteiger partial charge on any atom is -0.417 e. The Balaban J connectivity index is 1.48. The molecule has 1 fully saturated rings. The van der Waals surface area contributed by atoms with E-state index in [2.05, 4.69) is 15.5 Å². The van der Waals surface area contributed by atoms with Gasteiger partial charge >= 0.3 is 12.1 Å². The van der Waals surface area contributed by atoms with Crippen LogP contribution < -0.4 is 5.32 Å². The molecule has 2 heterocycles. The lowest BCUT2D eigenvalue weighted by Crippen LogP contribution is -2.38. The van der Waals surface area contributed by atoms with Crippen LogP contribution in [0.5, 0.6) is 0 Å². The molecule has 10 heteroatoms. The molecule has 0 spiro atoms. The molecule has 1 amide bonds. The number of halogens is 4. The first-order valence-corrected chi connectivity index (χ1v) is 8.37. The van der Waals surface area contributed by atoms with Crippen LogP contribution in [0.4, 0.5) is 18.9 Å². The van der Waals surface area contributed by atoms with E-state index in [0.717, 1.165) is 0 Å². The summed E-state index contributed by atoms with van der Waals surface area (Å²) in [5, 5.41) is 9.92. The molecule has 0 bridgehead atoms. The summed E-state index contributed by atoms with van der Waals surface area (Å²) in [5.74, 6) is -1.71. The average Bonchev–Trinajstić information content (AvgIpc) is 3.08. The van der Waals surface area contributed by atoms with Crippen molar-refractivity contribution in [1.82, 2.24) is 15.1 Å². The maximum absolute atomic E-state index is 12.5. The average molecular weight is 389 g/mol. The summed E-state index contributed by atoms with van der Waals surface area (Å²) in [5.41, 5.74) is 0.653. The first-order chi connectivity index (χ1) is 12.3. The van der Waals surface area contributed by atoms with Gasteiger partial charge in [-0.3, -0.25) is 9.69 Å². The molecule has 0 radical (unpaired) electrons. The Labute approximate surface area is 152 Å². The summed E-state index contributed by atoms with van der Waals surface area (Å²) < 4.78 is 42.3. The van der Waals surface area contributed by atoms with E-state index in [9.17, 15) is 18.0 Å². The molecular weight excluding hydrogens is 373 g/mol. The van der Waals surface area contributed by atoms with Gasteiger partial charge in [-0.2, -0.15) is 13.2 Å². The third kappa shape index (κ3) is 4.73. The molecule has 0 unspecified atom stereocenters. The number of hydrogen-bond acceptors (Lipinski definition) is 5. The molecule has 0 aliphatic carbocycles. The highest BCUT2D eigenvalue weighted by atomic mass is 35.5. The highest BCUT2D eigenvalue weighted by Gasteiger charge is 2.39. The van der Waals surface area contributed by atoms with Crippen molar-refractivity contribution in [2.45, 2.75) is 24.9 Å². The second-order valence-electron chi connectivity index (χ2n) is 6.05. The van der Waals surface area contributed by atoms with Crippen molar-refractivity contribution in [3.05, 3.63) is 41.1 Å². The van der Waals surface area contributed by atoms with Gasteiger partial charge in [0.2, 0.25) is 11.8 Å². The standard InChI is InChI=1S/C16H16ClF3N4O2/c17-11-1-3-12(4-2-11)21-13(25)9-24-7-5-10(6-8-24)14-22-23-15(26-14)16(18,19)20/h1-4,10H,5-9H2,(H,21,25). The topological polar surface area (TPSA) is 71.3 Å². The van der Waals surface area contributed by atoms with Crippen LogP contribution in [0, 0.1) is 0 Å². The maximum Gasteiger partial charge on any atom is 0.470 e. The summed E-state index contributed by atoms with van der Waals surface area (Å²) in [4.78, 5) is 14.0. The zero-order valence-corrected chi connectivity index (χ0v) is 14.3. The lowest BCUT2D eigenvalue weighted by Gasteiger charge is -2.29. The minimum atomic E-state index is -4.63. The molecule has 0 saturated carbocycles. The third-order valence-electron chi connectivity index (χ3n) is 4.12. The quantitative estimate of drug-likeness (QED) is 0.867. The largest absolute Gasteiger partial charge is 0.470 e. The van der Waals surface area contributed by atoms with Gasteiger partial charge in [0.05, 0.1) is 6.54 Å². The van der Waals surface area contributed by atoms with E-state index in [1.54, 1.807) is 24.3 Å². The highest BCUT2D eigenvalue weighted by molar-refractivity contribution is 6.30. The smallest absolute Gasteiger partial charge is 0.417 e. The molecule has 1 N–H and O–H groups in total. The second-order valence-corrected chi connectivity index (χ2v) is 6.49. The van der Waals surface area contributed by atoms with E-state index in [-0.39, 0.29) is 24.3 Å². The molecule has 1 saturated heterocycles. The SMILES string of the molecule is O=C(CN1CCC(c2nnc(C(F)(F)F)o2)CC1)Nc1ccc(Cl)cc1. The fourth-order valence-electron chi connectivity index (χ4n) is 2.79. The lowest BCUT2D eigenvalue weighted by atomic mass is 9.97. The van der Waals surface area contributed by atoms with Gasteiger partial charge in [0, 0.05) is 16.6 Å². The number of likely N-dealkylation sites (tertiary alicyclic amines) is 1. The van der Waals surface area contributed by atoms with Gasteiger partial charge < -0.3 is 9.73 Å². The molecule has 140 valence electrons. The highest BCUT2D eigenvalue weighted by Crippen LogP contribution is 2.32.